The molecule has 0 aliphatic heterocycles. The van der Waals surface area contributed by atoms with Crippen LogP contribution in [-0.4, -0.2) is 9.55 Å². The van der Waals surface area contributed by atoms with E-state index in [-0.39, 0.29) is 11.7 Å². The van der Waals surface area contributed by atoms with Gasteiger partial charge in [0.05, 0.1) is 17.1 Å². The molecule has 112 valence electrons. The lowest BCUT2D eigenvalue weighted by molar-refractivity contribution is 0.619. The van der Waals surface area contributed by atoms with E-state index in [1.165, 1.54) is 5.57 Å². The zero-order chi connectivity index (χ0) is 15.4. The van der Waals surface area contributed by atoms with Gasteiger partial charge >= 0.3 is 5.69 Å². The third kappa shape index (κ3) is 3.35. The number of allylic oxidation sites excluding steroid dienone is 4. The van der Waals surface area contributed by atoms with Gasteiger partial charge in [-0.1, -0.05) is 29.9 Å². The number of hydrogen-bond acceptors (Lipinski definition) is 1. The first-order valence-electron chi connectivity index (χ1n) is 7.53. The van der Waals surface area contributed by atoms with Crippen LogP contribution < -0.4 is 5.69 Å². The molecule has 1 aromatic carbocycles. The molecule has 21 heavy (non-hydrogen) atoms. The lowest BCUT2D eigenvalue weighted by Crippen LogP contribution is -2.21. The van der Waals surface area contributed by atoms with Gasteiger partial charge in [-0.3, -0.25) is 4.57 Å². The second-order valence-corrected chi connectivity index (χ2v) is 5.59. The zero-order valence-electron chi connectivity index (χ0n) is 13.3. The average Bonchev–Trinajstić information content (AvgIpc) is 2.77. The Balaban J connectivity index is 2.32. The van der Waals surface area contributed by atoms with Gasteiger partial charge in [0.15, 0.2) is 0 Å². The van der Waals surface area contributed by atoms with Gasteiger partial charge < -0.3 is 4.98 Å². The summed E-state index contributed by atoms with van der Waals surface area (Å²) in [6.07, 6.45) is 8.51. The molecule has 1 unspecified atom stereocenters. The van der Waals surface area contributed by atoms with Gasteiger partial charge in [0.25, 0.3) is 0 Å². The lowest BCUT2D eigenvalue weighted by Gasteiger charge is -2.14. The maximum absolute atomic E-state index is 12.2. The molecule has 2 rings (SSSR count). The first-order valence-corrected chi connectivity index (χ1v) is 7.53. The molecule has 0 fully saturated rings. The third-order valence-electron chi connectivity index (χ3n) is 3.95. The highest BCUT2D eigenvalue weighted by atomic mass is 16.1. The molecule has 0 bridgehead atoms. The summed E-state index contributed by atoms with van der Waals surface area (Å²) in [6.45, 7) is 8.24. The number of aromatic nitrogens is 2. The highest BCUT2D eigenvalue weighted by molar-refractivity contribution is 5.76. The Kier molecular flexibility index (Phi) is 4.84. The van der Waals surface area contributed by atoms with E-state index in [0.717, 1.165) is 29.4 Å². The molecule has 2 aromatic rings. The minimum absolute atomic E-state index is 0.0377. The minimum Gasteiger partial charge on any atom is -0.306 e. The summed E-state index contributed by atoms with van der Waals surface area (Å²) in [6, 6.07) is 6.15. The van der Waals surface area contributed by atoms with Gasteiger partial charge in [-0.25, -0.2) is 4.79 Å². The summed E-state index contributed by atoms with van der Waals surface area (Å²) in [5.41, 5.74) is 4.22. The van der Waals surface area contributed by atoms with Crippen molar-refractivity contribution in [3.8, 4) is 0 Å². The Labute approximate surface area is 126 Å². The van der Waals surface area contributed by atoms with Crippen molar-refractivity contribution < 1.29 is 0 Å². The van der Waals surface area contributed by atoms with E-state index in [4.69, 9.17) is 0 Å². The van der Waals surface area contributed by atoms with Crippen molar-refractivity contribution in [1.29, 1.82) is 0 Å². The molecule has 3 nitrogen and oxygen atoms in total. The molecule has 0 spiro atoms. The molecule has 0 aliphatic rings. The fourth-order valence-electron chi connectivity index (χ4n) is 2.58. The summed E-state index contributed by atoms with van der Waals surface area (Å²) in [4.78, 5) is 15.2. The Bertz CT molecular complexity index is 731. The summed E-state index contributed by atoms with van der Waals surface area (Å²) in [7, 11) is 0. The molecule has 1 atom stereocenters. The predicted molar refractivity (Wildman–Crippen MR) is 89.8 cm³/mol. The average molecular weight is 284 g/mol. The van der Waals surface area contributed by atoms with Crippen molar-refractivity contribution in [2.24, 2.45) is 0 Å². The van der Waals surface area contributed by atoms with E-state index in [1.807, 2.05) is 36.6 Å². The summed E-state index contributed by atoms with van der Waals surface area (Å²) < 4.78 is 1.84. The fraction of sp³-hybridized carbons (Fsp3) is 0.389. The van der Waals surface area contributed by atoms with Crippen molar-refractivity contribution in [1.82, 2.24) is 9.55 Å². The molecule has 0 radical (unpaired) electrons. The van der Waals surface area contributed by atoms with Crippen LogP contribution in [0.2, 0.25) is 0 Å². The first-order chi connectivity index (χ1) is 10.0. The number of fused-ring (bicyclic) bond motifs is 1. The van der Waals surface area contributed by atoms with Gasteiger partial charge in [0.2, 0.25) is 0 Å². The highest BCUT2D eigenvalue weighted by Crippen LogP contribution is 2.21. The van der Waals surface area contributed by atoms with Crippen LogP contribution in [0.1, 0.15) is 45.2 Å². The van der Waals surface area contributed by atoms with Crippen LogP contribution in [0.15, 0.2) is 46.8 Å². The molecule has 3 heteroatoms. The summed E-state index contributed by atoms with van der Waals surface area (Å²) in [5.74, 6) is 0. The monoisotopic (exact) mass is 284 g/mol. The van der Waals surface area contributed by atoms with Gasteiger partial charge in [0.1, 0.15) is 0 Å². The maximum atomic E-state index is 12.2. The van der Waals surface area contributed by atoms with Crippen LogP contribution in [0.4, 0.5) is 0 Å². The normalized spacial score (nSPS) is 14.2. The molecule has 1 N–H and O–H groups in total. The van der Waals surface area contributed by atoms with Crippen LogP contribution in [0.3, 0.4) is 0 Å². The van der Waals surface area contributed by atoms with Gasteiger partial charge in [-0.05, 0) is 58.2 Å². The van der Waals surface area contributed by atoms with Crippen LogP contribution in [-0.2, 0) is 0 Å². The second kappa shape index (κ2) is 6.61. The van der Waals surface area contributed by atoms with E-state index in [9.17, 15) is 4.79 Å². The predicted octanol–water partition coefficient (Wildman–Crippen LogP) is 4.50. The maximum Gasteiger partial charge on any atom is 0.327 e. The molecule has 0 saturated carbocycles. The van der Waals surface area contributed by atoms with E-state index < -0.39 is 0 Å². The Morgan fingerprint density at radius 1 is 1.38 bits per heavy atom. The quantitative estimate of drug-likeness (QED) is 0.637. The molecule has 1 aromatic heterocycles. The topological polar surface area (TPSA) is 37.8 Å². The molecular weight excluding hydrogens is 260 g/mol. The number of aromatic amines is 1. The standard InChI is InChI=1S/C18H24N2O/c1-5-6-7-8-9-14(3)15(4)20-17-11-10-13(2)12-16(17)19-18(20)21/h5-6,9-12,15H,7-8H2,1-4H3,(H,19,21)/b6-5-,14-9+. The number of imidazole rings is 1. The number of rotatable bonds is 5. The number of H-pyrrole nitrogens is 1. The van der Waals surface area contributed by atoms with Crippen LogP contribution in [0.25, 0.3) is 11.0 Å². The number of benzene rings is 1. The number of unbranched alkanes of at least 4 members (excludes halogenated alkanes) is 1. The van der Waals surface area contributed by atoms with E-state index >= 15 is 0 Å². The van der Waals surface area contributed by atoms with Gasteiger partial charge in [-0.2, -0.15) is 0 Å². The Hall–Kier alpha value is -2.03. The smallest absolute Gasteiger partial charge is 0.306 e. The molecule has 0 amide bonds. The molecule has 0 saturated heterocycles. The Morgan fingerprint density at radius 2 is 2.14 bits per heavy atom. The lowest BCUT2D eigenvalue weighted by atomic mass is 10.1. The minimum atomic E-state index is -0.0377. The second-order valence-electron chi connectivity index (χ2n) is 5.59. The third-order valence-corrected chi connectivity index (χ3v) is 3.95. The number of aryl methyl sites for hydroxylation is 1. The zero-order valence-corrected chi connectivity index (χ0v) is 13.3. The molecular formula is C18H24N2O. The van der Waals surface area contributed by atoms with E-state index in [0.29, 0.717) is 0 Å². The molecule has 1 heterocycles. The first kappa shape index (κ1) is 15.4. The van der Waals surface area contributed by atoms with Crippen molar-refractivity contribution in [3.63, 3.8) is 0 Å². The van der Waals surface area contributed by atoms with Crippen molar-refractivity contribution in [3.05, 3.63) is 58.0 Å². The van der Waals surface area contributed by atoms with Crippen molar-refractivity contribution in [2.75, 3.05) is 0 Å². The Morgan fingerprint density at radius 3 is 2.86 bits per heavy atom. The van der Waals surface area contributed by atoms with Crippen LogP contribution in [0, 0.1) is 6.92 Å². The van der Waals surface area contributed by atoms with Crippen molar-refractivity contribution in [2.45, 2.75) is 46.6 Å². The van der Waals surface area contributed by atoms with E-state index in [1.54, 1.807) is 0 Å². The number of nitrogens with one attached hydrogen (secondary N) is 1. The SMILES string of the molecule is C/C=C\CC/C=C(\C)C(C)n1c(=O)[nH]c2cc(C)ccc21. The molecule has 0 aliphatic carbocycles. The van der Waals surface area contributed by atoms with Crippen LogP contribution in [0.5, 0.6) is 0 Å². The fourth-order valence-corrected chi connectivity index (χ4v) is 2.58. The van der Waals surface area contributed by atoms with Crippen LogP contribution >= 0.6 is 0 Å². The highest BCUT2D eigenvalue weighted by Gasteiger charge is 2.14. The van der Waals surface area contributed by atoms with Crippen molar-refractivity contribution >= 4 is 11.0 Å². The summed E-state index contributed by atoms with van der Waals surface area (Å²) in [5, 5.41) is 0. The summed E-state index contributed by atoms with van der Waals surface area (Å²) >= 11 is 0. The van der Waals surface area contributed by atoms with Gasteiger partial charge in [-0.15, -0.1) is 0 Å². The number of nitrogens with zero attached hydrogens (tertiary/aromatic N) is 1. The largest absolute Gasteiger partial charge is 0.327 e. The number of hydrogen-bond donors (Lipinski definition) is 1. The van der Waals surface area contributed by atoms with E-state index in [2.05, 4.69) is 37.1 Å². The van der Waals surface area contributed by atoms with Gasteiger partial charge in [0, 0.05) is 0 Å².